The van der Waals surface area contributed by atoms with Crippen molar-refractivity contribution in [1.82, 2.24) is 10.2 Å². The van der Waals surface area contributed by atoms with Crippen LogP contribution in [0.3, 0.4) is 0 Å². The lowest BCUT2D eigenvalue weighted by molar-refractivity contribution is -0.131. The van der Waals surface area contributed by atoms with E-state index in [0.717, 1.165) is 19.6 Å². The molecule has 0 aromatic heterocycles. The highest BCUT2D eigenvalue weighted by molar-refractivity contribution is 5.84. The SMILES string of the molecule is COCCC1(CN2C(=O)C(C)NC2C(C)C)CC1. The van der Waals surface area contributed by atoms with Crippen LogP contribution < -0.4 is 5.32 Å². The van der Waals surface area contributed by atoms with Gasteiger partial charge in [-0.05, 0) is 37.5 Å². The predicted octanol–water partition coefficient (Wildman–Crippen LogP) is 1.61. The molecule has 1 aliphatic heterocycles. The summed E-state index contributed by atoms with van der Waals surface area (Å²) in [5.41, 5.74) is 0.338. The monoisotopic (exact) mass is 254 g/mol. The lowest BCUT2D eigenvalue weighted by atomic mass is 10.0. The molecule has 0 aromatic carbocycles. The van der Waals surface area contributed by atoms with Crippen LogP contribution in [0.5, 0.6) is 0 Å². The minimum Gasteiger partial charge on any atom is -0.385 e. The van der Waals surface area contributed by atoms with Crippen molar-refractivity contribution in [3.63, 3.8) is 0 Å². The average molecular weight is 254 g/mol. The number of nitrogens with zero attached hydrogens (tertiary/aromatic N) is 1. The first-order valence-corrected chi connectivity index (χ1v) is 7.04. The zero-order chi connectivity index (χ0) is 13.3. The Bertz CT molecular complexity index is 313. The second-order valence-corrected chi connectivity index (χ2v) is 6.29. The van der Waals surface area contributed by atoms with E-state index in [1.807, 2.05) is 6.92 Å². The van der Waals surface area contributed by atoms with Gasteiger partial charge in [0.2, 0.25) is 5.91 Å². The topological polar surface area (TPSA) is 41.6 Å². The summed E-state index contributed by atoms with van der Waals surface area (Å²) in [6, 6.07) is -0.0318. The van der Waals surface area contributed by atoms with Gasteiger partial charge in [-0.25, -0.2) is 0 Å². The number of ether oxygens (including phenoxy) is 1. The van der Waals surface area contributed by atoms with Crippen LogP contribution in [-0.4, -0.2) is 43.3 Å². The van der Waals surface area contributed by atoms with Gasteiger partial charge in [0.05, 0.1) is 12.2 Å². The second kappa shape index (κ2) is 5.17. The lowest BCUT2D eigenvalue weighted by Gasteiger charge is -2.31. The molecular formula is C14H26N2O2. The van der Waals surface area contributed by atoms with Gasteiger partial charge in [0.15, 0.2) is 0 Å². The fourth-order valence-electron chi connectivity index (χ4n) is 2.88. The maximum Gasteiger partial charge on any atom is 0.240 e. The summed E-state index contributed by atoms with van der Waals surface area (Å²) in [6.07, 6.45) is 3.75. The summed E-state index contributed by atoms with van der Waals surface area (Å²) in [7, 11) is 1.75. The van der Waals surface area contributed by atoms with Gasteiger partial charge in [0.25, 0.3) is 0 Å². The molecule has 104 valence electrons. The molecule has 1 amide bonds. The zero-order valence-electron chi connectivity index (χ0n) is 12.0. The van der Waals surface area contributed by atoms with E-state index >= 15 is 0 Å². The predicted molar refractivity (Wildman–Crippen MR) is 71.1 cm³/mol. The molecule has 0 aromatic rings. The highest BCUT2D eigenvalue weighted by Crippen LogP contribution is 2.50. The number of carbonyl (C=O) groups excluding carboxylic acids is 1. The molecule has 1 saturated carbocycles. The third-order valence-corrected chi connectivity index (χ3v) is 4.34. The highest BCUT2D eigenvalue weighted by Gasteiger charge is 2.48. The summed E-state index contributed by atoms with van der Waals surface area (Å²) in [5, 5.41) is 3.40. The summed E-state index contributed by atoms with van der Waals surface area (Å²) in [6.45, 7) is 8.01. The van der Waals surface area contributed by atoms with Crippen molar-refractivity contribution in [2.75, 3.05) is 20.3 Å². The van der Waals surface area contributed by atoms with Crippen LogP contribution >= 0.6 is 0 Å². The normalized spacial score (nSPS) is 30.3. The van der Waals surface area contributed by atoms with Crippen molar-refractivity contribution in [2.24, 2.45) is 11.3 Å². The molecule has 4 nitrogen and oxygen atoms in total. The van der Waals surface area contributed by atoms with Gasteiger partial charge in [0.1, 0.15) is 0 Å². The first-order valence-electron chi connectivity index (χ1n) is 7.04. The van der Waals surface area contributed by atoms with Crippen molar-refractivity contribution >= 4 is 5.91 Å². The van der Waals surface area contributed by atoms with Crippen molar-refractivity contribution < 1.29 is 9.53 Å². The maximum absolute atomic E-state index is 12.2. The summed E-state index contributed by atoms with van der Waals surface area (Å²) in [4.78, 5) is 14.3. The molecule has 0 spiro atoms. The van der Waals surface area contributed by atoms with Gasteiger partial charge in [-0.1, -0.05) is 13.8 Å². The van der Waals surface area contributed by atoms with Crippen molar-refractivity contribution in [1.29, 1.82) is 0 Å². The Balaban J connectivity index is 2.00. The van der Waals surface area contributed by atoms with Gasteiger partial charge < -0.3 is 9.64 Å². The third kappa shape index (κ3) is 2.69. The quantitative estimate of drug-likeness (QED) is 0.783. The summed E-state index contributed by atoms with van der Waals surface area (Å²) < 4.78 is 5.19. The first kappa shape index (κ1) is 13.8. The Morgan fingerprint density at radius 3 is 2.67 bits per heavy atom. The van der Waals surface area contributed by atoms with Gasteiger partial charge >= 0.3 is 0 Å². The molecule has 0 bridgehead atoms. The van der Waals surface area contributed by atoms with E-state index in [0.29, 0.717) is 11.3 Å². The Kier molecular flexibility index (Phi) is 3.97. The number of methoxy groups -OCH3 is 1. The van der Waals surface area contributed by atoms with E-state index in [1.165, 1.54) is 12.8 Å². The summed E-state index contributed by atoms with van der Waals surface area (Å²) in [5.74, 6) is 0.717. The zero-order valence-corrected chi connectivity index (χ0v) is 12.0. The molecule has 2 aliphatic rings. The standard InChI is InChI=1S/C14H26N2O2/c1-10(2)12-15-11(3)13(17)16(12)9-14(5-6-14)7-8-18-4/h10-12,15H,5-9H2,1-4H3. The Hall–Kier alpha value is -0.610. The number of amides is 1. The van der Waals surface area contributed by atoms with Crippen LogP contribution in [0.15, 0.2) is 0 Å². The molecule has 2 unspecified atom stereocenters. The minimum atomic E-state index is -0.0318. The minimum absolute atomic E-state index is 0.0318. The van der Waals surface area contributed by atoms with Crippen LogP contribution in [0.2, 0.25) is 0 Å². The molecule has 1 N–H and O–H groups in total. The van der Waals surface area contributed by atoms with Gasteiger partial charge in [-0.2, -0.15) is 0 Å². The van der Waals surface area contributed by atoms with Crippen LogP contribution in [0.1, 0.15) is 40.0 Å². The number of hydrogen-bond donors (Lipinski definition) is 1. The van der Waals surface area contributed by atoms with E-state index in [1.54, 1.807) is 7.11 Å². The molecule has 2 rings (SSSR count). The molecule has 1 saturated heterocycles. The van der Waals surface area contributed by atoms with Crippen molar-refractivity contribution in [3.05, 3.63) is 0 Å². The van der Waals surface area contributed by atoms with Crippen molar-refractivity contribution in [3.8, 4) is 0 Å². The van der Waals surface area contributed by atoms with Crippen LogP contribution in [0.25, 0.3) is 0 Å². The molecule has 1 aliphatic carbocycles. The van der Waals surface area contributed by atoms with Gasteiger partial charge in [0, 0.05) is 20.3 Å². The molecule has 18 heavy (non-hydrogen) atoms. The Morgan fingerprint density at radius 2 is 2.17 bits per heavy atom. The number of carbonyl (C=O) groups is 1. The molecule has 2 atom stereocenters. The van der Waals surface area contributed by atoms with Gasteiger partial charge in [-0.15, -0.1) is 0 Å². The molecule has 0 radical (unpaired) electrons. The van der Waals surface area contributed by atoms with Crippen LogP contribution in [0, 0.1) is 11.3 Å². The lowest BCUT2D eigenvalue weighted by Crippen LogP contribution is -2.44. The van der Waals surface area contributed by atoms with E-state index in [9.17, 15) is 4.79 Å². The highest BCUT2D eigenvalue weighted by atomic mass is 16.5. The number of hydrogen-bond acceptors (Lipinski definition) is 3. The van der Waals surface area contributed by atoms with Crippen LogP contribution in [0.4, 0.5) is 0 Å². The molecule has 1 heterocycles. The maximum atomic E-state index is 12.2. The number of nitrogens with one attached hydrogen (secondary N) is 1. The van der Waals surface area contributed by atoms with Gasteiger partial charge in [-0.3, -0.25) is 10.1 Å². The van der Waals surface area contributed by atoms with E-state index in [4.69, 9.17) is 4.74 Å². The third-order valence-electron chi connectivity index (χ3n) is 4.34. The van der Waals surface area contributed by atoms with Crippen molar-refractivity contribution in [2.45, 2.75) is 52.2 Å². The van der Waals surface area contributed by atoms with Crippen LogP contribution in [-0.2, 0) is 9.53 Å². The Morgan fingerprint density at radius 1 is 1.50 bits per heavy atom. The summed E-state index contributed by atoms with van der Waals surface area (Å²) >= 11 is 0. The fraction of sp³-hybridized carbons (Fsp3) is 0.929. The molecule has 2 fully saturated rings. The van der Waals surface area contributed by atoms with E-state index < -0.39 is 0 Å². The largest absolute Gasteiger partial charge is 0.385 e. The first-order chi connectivity index (χ1) is 8.49. The average Bonchev–Trinajstić information content (AvgIpc) is 3.04. The smallest absolute Gasteiger partial charge is 0.240 e. The number of rotatable bonds is 6. The molecule has 4 heteroatoms. The fourth-order valence-corrected chi connectivity index (χ4v) is 2.88. The van der Waals surface area contributed by atoms with E-state index in [2.05, 4.69) is 24.1 Å². The van der Waals surface area contributed by atoms with E-state index in [-0.39, 0.29) is 18.1 Å². The second-order valence-electron chi connectivity index (χ2n) is 6.29. The Labute approximate surface area is 110 Å². The molecular weight excluding hydrogens is 228 g/mol.